The van der Waals surface area contributed by atoms with Crippen molar-refractivity contribution in [2.45, 2.75) is 46.1 Å². The second kappa shape index (κ2) is 12.6. The maximum atomic E-state index is 13.5. The van der Waals surface area contributed by atoms with Gasteiger partial charge in [0.1, 0.15) is 11.8 Å². The van der Waals surface area contributed by atoms with E-state index in [0.29, 0.717) is 39.6 Å². The molecule has 9 heteroatoms. The van der Waals surface area contributed by atoms with Gasteiger partial charge in [-0.2, -0.15) is 0 Å². The van der Waals surface area contributed by atoms with E-state index >= 15 is 0 Å². The topological polar surface area (TPSA) is 115 Å². The molecule has 1 aromatic heterocycles. The van der Waals surface area contributed by atoms with Gasteiger partial charge in [-0.25, -0.2) is 4.79 Å². The molecular formula is C29H31ClN2O6. The Morgan fingerprint density at radius 2 is 1.76 bits per heavy atom. The van der Waals surface area contributed by atoms with Gasteiger partial charge in [0, 0.05) is 27.9 Å². The number of carboxylic acid groups (broad SMARTS) is 1. The predicted molar refractivity (Wildman–Crippen MR) is 147 cm³/mol. The van der Waals surface area contributed by atoms with Crippen LogP contribution in [0.4, 0.5) is 5.69 Å². The highest BCUT2D eigenvalue weighted by molar-refractivity contribution is 6.31. The van der Waals surface area contributed by atoms with Crippen molar-refractivity contribution in [3.05, 3.63) is 81.2 Å². The number of carbonyl (C=O) groups excluding carboxylic acids is 2. The van der Waals surface area contributed by atoms with Crippen molar-refractivity contribution in [1.29, 1.82) is 0 Å². The average molecular weight is 539 g/mol. The fraction of sp³-hybridized carbons (Fsp3) is 0.310. The standard InChI is InChI=1S/C29H31ClN2O6/c1-5-6-17(2)13-25(28(35)31-21-10-7-19(8-11-21)29(36)37)32-16-26(38-4)24(15-27(32)34)23-14-20(30)9-12-22(23)18(3)33/h7-12,14-17,25H,5-6,13H2,1-4H3,(H,31,35)(H,36,37). The molecule has 200 valence electrons. The molecule has 0 aliphatic rings. The fourth-order valence-corrected chi connectivity index (χ4v) is 4.62. The number of aromatic carboxylic acids is 1. The first-order valence-electron chi connectivity index (χ1n) is 12.3. The van der Waals surface area contributed by atoms with Crippen molar-refractivity contribution in [2.75, 3.05) is 12.4 Å². The maximum absolute atomic E-state index is 13.5. The van der Waals surface area contributed by atoms with Gasteiger partial charge in [-0.3, -0.25) is 19.0 Å². The third-order valence-electron chi connectivity index (χ3n) is 6.36. The summed E-state index contributed by atoms with van der Waals surface area (Å²) in [6.07, 6.45) is 3.67. The molecule has 2 atom stereocenters. The smallest absolute Gasteiger partial charge is 0.335 e. The lowest BCUT2D eigenvalue weighted by Crippen LogP contribution is -2.34. The van der Waals surface area contributed by atoms with Crippen LogP contribution in [0.15, 0.2) is 59.5 Å². The molecule has 2 unspecified atom stereocenters. The number of aromatic nitrogens is 1. The lowest BCUT2D eigenvalue weighted by Gasteiger charge is -2.24. The minimum absolute atomic E-state index is 0.0959. The summed E-state index contributed by atoms with van der Waals surface area (Å²) in [7, 11) is 1.45. The minimum Gasteiger partial charge on any atom is -0.495 e. The van der Waals surface area contributed by atoms with Crippen molar-refractivity contribution in [1.82, 2.24) is 4.57 Å². The lowest BCUT2D eigenvalue weighted by atomic mass is 9.95. The molecule has 0 aliphatic heterocycles. The Balaban J connectivity index is 2.07. The Bertz CT molecular complexity index is 1400. The van der Waals surface area contributed by atoms with Gasteiger partial charge in [0.15, 0.2) is 5.78 Å². The van der Waals surface area contributed by atoms with Crippen LogP contribution in [0.5, 0.6) is 5.75 Å². The number of halogens is 1. The molecule has 2 aromatic carbocycles. The summed E-state index contributed by atoms with van der Waals surface area (Å²) < 4.78 is 6.95. The number of benzene rings is 2. The van der Waals surface area contributed by atoms with E-state index < -0.39 is 23.5 Å². The number of hydrogen-bond acceptors (Lipinski definition) is 5. The molecule has 38 heavy (non-hydrogen) atoms. The highest BCUT2D eigenvalue weighted by Gasteiger charge is 2.26. The number of pyridine rings is 1. The van der Waals surface area contributed by atoms with Crippen LogP contribution >= 0.6 is 11.6 Å². The van der Waals surface area contributed by atoms with E-state index in [4.69, 9.17) is 21.4 Å². The first kappa shape index (κ1) is 28.7. The molecule has 1 amide bonds. The van der Waals surface area contributed by atoms with E-state index in [1.54, 1.807) is 18.2 Å². The summed E-state index contributed by atoms with van der Waals surface area (Å²) in [4.78, 5) is 50.3. The van der Waals surface area contributed by atoms with Crippen LogP contribution in [-0.4, -0.2) is 34.4 Å². The van der Waals surface area contributed by atoms with Crippen LogP contribution in [0.3, 0.4) is 0 Å². The van der Waals surface area contributed by atoms with Crippen molar-refractivity contribution in [3.63, 3.8) is 0 Å². The largest absolute Gasteiger partial charge is 0.495 e. The predicted octanol–water partition coefficient (Wildman–Crippen LogP) is 6.08. The number of hydrogen-bond donors (Lipinski definition) is 2. The molecule has 3 rings (SSSR count). The summed E-state index contributed by atoms with van der Waals surface area (Å²) in [5, 5.41) is 12.3. The summed E-state index contributed by atoms with van der Waals surface area (Å²) >= 11 is 6.20. The van der Waals surface area contributed by atoms with E-state index in [0.717, 1.165) is 12.8 Å². The van der Waals surface area contributed by atoms with Crippen molar-refractivity contribution in [2.24, 2.45) is 5.92 Å². The third kappa shape index (κ3) is 6.69. The molecule has 0 fully saturated rings. The average Bonchev–Trinajstić information content (AvgIpc) is 2.87. The first-order valence-corrected chi connectivity index (χ1v) is 12.7. The Hall–Kier alpha value is -3.91. The zero-order valence-corrected chi connectivity index (χ0v) is 22.5. The molecule has 0 bridgehead atoms. The van der Waals surface area contributed by atoms with Gasteiger partial charge in [0.25, 0.3) is 5.56 Å². The van der Waals surface area contributed by atoms with E-state index in [1.165, 1.54) is 55.1 Å². The van der Waals surface area contributed by atoms with Crippen molar-refractivity contribution in [3.8, 4) is 16.9 Å². The Morgan fingerprint density at radius 1 is 1.08 bits per heavy atom. The third-order valence-corrected chi connectivity index (χ3v) is 6.60. The molecule has 3 aromatic rings. The van der Waals surface area contributed by atoms with Gasteiger partial charge in [-0.15, -0.1) is 0 Å². The van der Waals surface area contributed by atoms with Gasteiger partial charge >= 0.3 is 5.97 Å². The number of carbonyl (C=O) groups is 3. The van der Waals surface area contributed by atoms with Crippen LogP contribution in [0.2, 0.25) is 5.02 Å². The number of rotatable bonds is 11. The number of carboxylic acids is 1. The van der Waals surface area contributed by atoms with Gasteiger partial charge < -0.3 is 15.2 Å². The SMILES string of the molecule is CCCC(C)CC(C(=O)Nc1ccc(C(=O)O)cc1)n1cc(OC)c(-c2cc(Cl)ccc2C(C)=O)cc1=O. The maximum Gasteiger partial charge on any atom is 0.335 e. The number of ketones is 1. The summed E-state index contributed by atoms with van der Waals surface area (Å²) in [5.41, 5.74) is 1.31. The summed E-state index contributed by atoms with van der Waals surface area (Å²) in [6, 6.07) is 11.1. The second-order valence-electron chi connectivity index (χ2n) is 9.26. The Morgan fingerprint density at radius 3 is 2.34 bits per heavy atom. The first-order chi connectivity index (χ1) is 18.0. The molecule has 1 heterocycles. The number of amides is 1. The van der Waals surface area contributed by atoms with Crippen molar-refractivity contribution < 1.29 is 24.2 Å². The van der Waals surface area contributed by atoms with E-state index in [9.17, 15) is 19.2 Å². The molecule has 0 radical (unpaired) electrons. The van der Waals surface area contributed by atoms with Gasteiger partial charge in [-0.05, 0) is 67.3 Å². The number of Topliss-reactive ketones (excluding diaryl/α,β-unsaturated/α-hetero) is 1. The lowest BCUT2D eigenvalue weighted by molar-refractivity contribution is -0.119. The molecule has 0 saturated heterocycles. The second-order valence-corrected chi connectivity index (χ2v) is 9.70. The van der Waals surface area contributed by atoms with Crippen molar-refractivity contribution >= 4 is 34.9 Å². The molecule has 0 saturated carbocycles. The Labute approximate surface area is 226 Å². The van der Waals surface area contributed by atoms with E-state index in [2.05, 4.69) is 12.2 Å². The van der Waals surface area contributed by atoms with Gasteiger partial charge in [0.05, 0.1) is 18.9 Å². The van der Waals surface area contributed by atoms with Gasteiger partial charge in [0.2, 0.25) is 5.91 Å². The highest BCUT2D eigenvalue weighted by atomic mass is 35.5. The van der Waals surface area contributed by atoms with Crippen LogP contribution in [0.1, 0.15) is 66.8 Å². The summed E-state index contributed by atoms with van der Waals surface area (Å²) in [5.74, 6) is -1.23. The van der Waals surface area contributed by atoms with E-state index in [1.807, 2.05) is 6.92 Å². The molecule has 0 spiro atoms. The molecule has 8 nitrogen and oxygen atoms in total. The quantitative estimate of drug-likeness (QED) is 0.286. The number of anilines is 1. The van der Waals surface area contributed by atoms with Crippen LogP contribution in [-0.2, 0) is 4.79 Å². The van der Waals surface area contributed by atoms with Crippen LogP contribution in [0, 0.1) is 5.92 Å². The number of nitrogens with one attached hydrogen (secondary N) is 1. The monoisotopic (exact) mass is 538 g/mol. The van der Waals surface area contributed by atoms with Crippen LogP contribution in [0.25, 0.3) is 11.1 Å². The number of nitrogens with zero attached hydrogens (tertiary/aromatic N) is 1. The van der Waals surface area contributed by atoms with Gasteiger partial charge in [-0.1, -0.05) is 38.3 Å². The zero-order chi connectivity index (χ0) is 28.0. The number of methoxy groups -OCH3 is 1. The zero-order valence-electron chi connectivity index (χ0n) is 21.8. The molecule has 0 aliphatic carbocycles. The van der Waals surface area contributed by atoms with Crippen LogP contribution < -0.4 is 15.6 Å². The van der Waals surface area contributed by atoms with E-state index in [-0.39, 0.29) is 17.3 Å². The highest BCUT2D eigenvalue weighted by Crippen LogP contribution is 2.34. The molecule has 2 N–H and O–H groups in total. The summed E-state index contributed by atoms with van der Waals surface area (Å²) in [6.45, 7) is 5.50. The minimum atomic E-state index is -1.07. The Kier molecular flexibility index (Phi) is 9.47. The fourth-order valence-electron chi connectivity index (χ4n) is 4.45. The molecular weight excluding hydrogens is 508 g/mol. The number of ether oxygens (including phenoxy) is 1. The normalized spacial score (nSPS) is 12.4.